The first-order valence-electron chi connectivity index (χ1n) is 5.16. The molecule has 0 aliphatic rings. The van der Waals surface area contributed by atoms with Gasteiger partial charge in [0.15, 0.2) is 0 Å². The number of aromatic nitrogens is 1. The molecule has 0 spiro atoms. The van der Waals surface area contributed by atoms with Crippen molar-refractivity contribution in [2.24, 2.45) is 0 Å². The number of aliphatic hydroxyl groups excluding tert-OH is 1. The molecule has 1 aromatic heterocycles. The molecule has 13 heavy (non-hydrogen) atoms. The fourth-order valence-corrected chi connectivity index (χ4v) is 1.47. The normalized spacial score (nSPS) is 13.1. The van der Waals surface area contributed by atoms with Crippen LogP contribution in [0.2, 0.25) is 0 Å². The fraction of sp³-hybridized carbons (Fsp3) is 0.636. The van der Waals surface area contributed by atoms with Crippen LogP contribution < -0.4 is 0 Å². The first kappa shape index (κ1) is 10.3. The van der Waals surface area contributed by atoms with Gasteiger partial charge in [0.05, 0.1) is 6.10 Å². The molecular weight excluding hydrogens is 162 g/mol. The summed E-state index contributed by atoms with van der Waals surface area (Å²) < 4.78 is 0. The third-order valence-electron chi connectivity index (χ3n) is 2.31. The Labute approximate surface area is 80.0 Å². The van der Waals surface area contributed by atoms with Gasteiger partial charge in [-0.15, -0.1) is 0 Å². The van der Waals surface area contributed by atoms with E-state index in [1.165, 1.54) is 19.3 Å². The van der Waals surface area contributed by atoms with Gasteiger partial charge >= 0.3 is 0 Å². The zero-order valence-electron chi connectivity index (χ0n) is 8.29. The van der Waals surface area contributed by atoms with E-state index in [1.807, 2.05) is 18.3 Å². The second-order valence-corrected chi connectivity index (χ2v) is 3.49. The monoisotopic (exact) mass is 181 g/mol. The summed E-state index contributed by atoms with van der Waals surface area (Å²) in [4.78, 5) is 3.03. The van der Waals surface area contributed by atoms with Crippen LogP contribution in [0.15, 0.2) is 18.3 Å². The maximum atomic E-state index is 9.68. The molecule has 1 unspecified atom stereocenters. The van der Waals surface area contributed by atoms with Gasteiger partial charge in [-0.2, -0.15) is 0 Å². The third-order valence-corrected chi connectivity index (χ3v) is 2.31. The first-order chi connectivity index (χ1) is 6.34. The molecule has 0 amide bonds. The zero-order valence-corrected chi connectivity index (χ0v) is 8.29. The molecule has 0 aromatic carbocycles. The van der Waals surface area contributed by atoms with Crippen molar-refractivity contribution >= 4 is 0 Å². The lowest BCUT2D eigenvalue weighted by molar-refractivity contribution is 0.159. The van der Waals surface area contributed by atoms with Gasteiger partial charge in [0, 0.05) is 11.9 Å². The standard InChI is InChI=1S/C11H19NO/c1-2-3-4-5-8-11(13)10-7-6-9-12-10/h6-7,9,11-13H,2-5,8H2,1H3. The average molecular weight is 181 g/mol. The van der Waals surface area contributed by atoms with Gasteiger partial charge in [-0.1, -0.05) is 32.6 Å². The molecule has 0 aliphatic carbocycles. The van der Waals surface area contributed by atoms with Crippen LogP contribution >= 0.6 is 0 Å². The Balaban J connectivity index is 2.15. The minimum Gasteiger partial charge on any atom is -0.387 e. The smallest absolute Gasteiger partial charge is 0.0937 e. The molecule has 2 nitrogen and oxygen atoms in total. The average Bonchev–Trinajstić information content (AvgIpc) is 2.65. The highest BCUT2D eigenvalue weighted by Crippen LogP contribution is 2.17. The van der Waals surface area contributed by atoms with E-state index in [9.17, 15) is 5.11 Å². The fourth-order valence-electron chi connectivity index (χ4n) is 1.47. The number of rotatable bonds is 6. The third kappa shape index (κ3) is 3.64. The molecule has 1 atom stereocenters. The van der Waals surface area contributed by atoms with Crippen LogP contribution in [0.4, 0.5) is 0 Å². The quantitative estimate of drug-likeness (QED) is 0.650. The molecule has 1 rings (SSSR count). The van der Waals surface area contributed by atoms with Crippen molar-refractivity contribution in [2.45, 2.75) is 45.1 Å². The van der Waals surface area contributed by atoms with Crippen molar-refractivity contribution < 1.29 is 5.11 Å². The summed E-state index contributed by atoms with van der Waals surface area (Å²) in [7, 11) is 0. The summed E-state index contributed by atoms with van der Waals surface area (Å²) in [6, 6.07) is 3.86. The van der Waals surface area contributed by atoms with Crippen molar-refractivity contribution in [2.75, 3.05) is 0 Å². The first-order valence-corrected chi connectivity index (χ1v) is 5.16. The van der Waals surface area contributed by atoms with Crippen molar-refractivity contribution in [3.63, 3.8) is 0 Å². The summed E-state index contributed by atoms with van der Waals surface area (Å²) in [5.74, 6) is 0. The summed E-state index contributed by atoms with van der Waals surface area (Å²) in [6.45, 7) is 2.20. The number of aliphatic hydroxyl groups is 1. The number of nitrogens with one attached hydrogen (secondary N) is 1. The van der Waals surface area contributed by atoms with Gasteiger partial charge < -0.3 is 10.1 Å². The Hall–Kier alpha value is -0.760. The molecule has 0 bridgehead atoms. The minimum absolute atomic E-state index is 0.299. The molecule has 2 heteroatoms. The second kappa shape index (κ2) is 5.81. The van der Waals surface area contributed by atoms with Crippen molar-refractivity contribution in [3.05, 3.63) is 24.0 Å². The maximum Gasteiger partial charge on any atom is 0.0937 e. The molecule has 1 heterocycles. The van der Waals surface area contributed by atoms with Crippen LogP contribution in [-0.4, -0.2) is 10.1 Å². The Morgan fingerprint density at radius 1 is 1.38 bits per heavy atom. The highest BCUT2D eigenvalue weighted by atomic mass is 16.3. The number of aromatic amines is 1. The van der Waals surface area contributed by atoms with Crippen LogP contribution in [0.3, 0.4) is 0 Å². The van der Waals surface area contributed by atoms with E-state index in [0.29, 0.717) is 0 Å². The maximum absolute atomic E-state index is 9.68. The topological polar surface area (TPSA) is 36.0 Å². The van der Waals surface area contributed by atoms with E-state index in [2.05, 4.69) is 11.9 Å². The number of hydrogen-bond acceptors (Lipinski definition) is 1. The predicted molar refractivity (Wildman–Crippen MR) is 54.5 cm³/mol. The lowest BCUT2D eigenvalue weighted by Crippen LogP contribution is -1.97. The van der Waals surface area contributed by atoms with Crippen LogP contribution in [-0.2, 0) is 0 Å². The lowest BCUT2D eigenvalue weighted by atomic mass is 10.1. The molecule has 1 aromatic rings. The van der Waals surface area contributed by atoms with E-state index >= 15 is 0 Å². The number of hydrogen-bond donors (Lipinski definition) is 2. The van der Waals surface area contributed by atoms with Gasteiger partial charge in [0.2, 0.25) is 0 Å². The zero-order chi connectivity index (χ0) is 9.52. The van der Waals surface area contributed by atoms with E-state index in [-0.39, 0.29) is 6.10 Å². The van der Waals surface area contributed by atoms with Crippen LogP contribution in [0.1, 0.15) is 50.8 Å². The Morgan fingerprint density at radius 2 is 2.23 bits per heavy atom. The summed E-state index contributed by atoms with van der Waals surface area (Å²) in [5.41, 5.74) is 0.941. The molecule has 0 radical (unpaired) electrons. The largest absolute Gasteiger partial charge is 0.387 e. The lowest BCUT2D eigenvalue weighted by Gasteiger charge is -2.07. The molecule has 0 aliphatic heterocycles. The summed E-state index contributed by atoms with van der Waals surface area (Å²) >= 11 is 0. The van der Waals surface area contributed by atoms with Gasteiger partial charge in [0.1, 0.15) is 0 Å². The highest BCUT2D eigenvalue weighted by Gasteiger charge is 2.06. The van der Waals surface area contributed by atoms with Crippen molar-refractivity contribution in [1.82, 2.24) is 4.98 Å². The molecule has 74 valence electrons. The molecule has 2 N–H and O–H groups in total. The Morgan fingerprint density at radius 3 is 2.85 bits per heavy atom. The number of unbranched alkanes of at least 4 members (excludes halogenated alkanes) is 3. The SMILES string of the molecule is CCCCCCC(O)c1ccc[nH]1. The van der Waals surface area contributed by atoms with Gasteiger partial charge in [-0.05, 0) is 18.6 Å². The van der Waals surface area contributed by atoms with Crippen LogP contribution in [0.5, 0.6) is 0 Å². The minimum atomic E-state index is -0.299. The van der Waals surface area contributed by atoms with Crippen LogP contribution in [0.25, 0.3) is 0 Å². The van der Waals surface area contributed by atoms with Gasteiger partial charge in [-0.25, -0.2) is 0 Å². The summed E-state index contributed by atoms with van der Waals surface area (Å²) in [5, 5.41) is 9.68. The molecular formula is C11H19NO. The second-order valence-electron chi connectivity index (χ2n) is 3.49. The number of H-pyrrole nitrogens is 1. The van der Waals surface area contributed by atoms with Crippen LogP contribution in [0, 0.1) is 0 Å². The van der Waals surface area contributed by atoms with Gasteiger partial charge in [-0.3, -0.25) is 0 Å². The van der Waals surface area contributed by atoms with E-state index < -0.39 is 0 Å². The Kier molecular flexibility index (Phi) is 4.61. The van der Waals surface area contributed by atoms with Crippen molar-refractivity contribution in [1.29, 1.82) is 0 Å². The Bertz CT molecular complexity index is 206. The van der Waals surface area contributed by atoms with Gasteiger partial charge in [0.25, 0.3) is 0 Å². The predicted octanol–water partition coefficient (Wildman–Crippen LogP) is 3.02. The summed E-state index contributed by atoms with van der Waals surface area (Å²) in [6.07, 6.45) is 7.30. The molecule has 0 fully saturated rings. The molecule has 0 saturated carbocycles. The highest BCUT2D eigenvalue weighted by molar-refractivity contribution is 5.06. The van der Waals surface area contributed by atoms with E-state index in [0.717, 1.165) is 18.5 Å². The molecule has 0 saturated heterocycles. The van der Waals surface area contributed by atoms with Crippen molar-refractivity contribution in [3.8, 4) is 0 Å². The van der Waals surface area contributed by atoms with E-state index in [4.69, 9.17) is 0 Å². The van der Waals surface area contributed by atoms with E-state index in [1.54, 1.807) is 0 Å².